The molecule has 4 rings (SSSR count). The lowest BCUT2D eigenvalue weighted by atomic mass is 9.83. The second kappa shape index (κ2) is 9.96. The van der Waals surface area contributed by atoms with E-state index in [4.69, 9.17) is 20.6 Å². The minimum absolute atomic E-state index is 0.315. The number of amides is 1. The highest BCUT2D eigenvalue weighted by Crippen LogP contribution is 2.33. The van der Waals surface area contributed by atoms with Gasteiger partial charge in [0.15, 0.2) is 0 Å². The van der Waals surface area contributed by atoms with E-state index in [9.17, 15) is 4.79 Å². The molecule has 2 aliphatic rings. The first kappa shape index (κ1) is 21.4. The van der Waals surface area contributed by atoms with Crippen LogP contribution in [0.4, 0.5) is 0 Å². The summed E-state index contributed by atoms with van der Waals surface area (Å²) in [6, 6.07) is 16.8. The summed E-state index contributed by atoms with van der Waals surface area (Å²) in [5, 5.41) is 7.42. The minimum atomic E-state index is -0.514. The van der Waals surface area contributed by atoms with Crippen LogP contribution in [0, 0.1) is 11.3 Å². The number of rotatable bonds is 7. The number of nitrogens with two attached hydrogens (primary N) is 1. The minimum Gasteiger partial charge on any atom is -0.457 e. The maximum atomic E-state index is 12.2. The molecule has 0 bridgehead atoms. The van der Waals surface area contributed by atoms with Crippen LogP contribution in [0.15, 0.2) is 101 Å². The summed E-state index contributed by atoms with van der Waals surface area (Å²) in [6.45, 7) is 0. The molecule has 32 heavy (non-hydrogen) atoms. The zero-order valence-electron chi connectivity index (χ0n) is 17.8. The van der Waals surface area contributed by atoms with Crippen LogP contribution in [-0.4, -0.2) is 12.1 Å². The van der Waals surface area contributed by atoms with Crippen molar-refractivity contribution >= 4 is 12.1 Å². The van der Waals surface area contributed by atoms with E-state index < -0.39 is 5.91 Å². The highest BCUT2D eigenvalue weighted by Gasteiger charge is 2.22. The smallest absolute Gasteiger partial charge is 0.252 e. The standard InChI is InChI=1S/C27H26N2O3/c28-18-19-9-11-20(12-10-19)21-5-4-8-26(25(17-21)27(29)30)32-24-15-13-23(14-16-24)31-22-6-2-1-3-7-22/h1-3,5-9,13-18,20,28H,4,10-12H2,(H2,29,30). The van der Waals surface area contributed by atoms with Crippen molar-refractivity contribution in [2.24, 2.45) is 11.7 Å². The van der Waals surface area contributed by atoms with Crippen molar-refractivity contribution in [1.82, 2.24) is 0 Å². The van der Waals surface area contributed by atoms with Crippen LogP contribution in [0.5, 0.6) is 17.2 Å². The van der Waals surface area contributed by atoms with Gasteiger partial charge in [0.25, 0.3) is 5.91 Å². The Hall–Kier alpha value is -3.86. The van der Waals surface area contributed by atoms with Gasteiger partial charge in [-0.2, -0.15) is 0 Å². The van der Waals surface area contributed by atoms with Gasteiger partial charge in [0, 0.05) is 6.21 Å². The van der Waals surface area contributed by atoms with Crippen LogP contribution >= 0.6 is 0 Å². The average molecular weight is 427 g/mol. The summed E-state index contributed by atoms with van der Waals surface area (Å²) >= 11 is 0. The quantitative estimate of drug-likeness (QED) is 0.544. The first-order valence-corrected chi connectivity index (χ1v) is 10.7. The van der Waals surface area contributed by atoms with Gasteiger partial charge in [-0.3, -0.25) is 4.79 Å². The summed E-state index contributed by atoms with van der Waals surface area (Å²) < 4.78 is 11.9. The van der Waals surface area contributed by atoms with Crippen LogP contribution in [0.3, 0.4) is 0 Å². The zero-order valence-corrected chi connectivity index (χ0v) is 17.8. The number of hydrogen-bond acceptors (Lipinski definition) is 4. The van der Waals surface area contributed by atoms with Gasteiger partial charge < -0.3 is 20.6 Å². The fourth-order valence-electron chi connectivity index (χ4n) is 3.90. The molecule has 2 aromatic rings. The SMILES string of the molecule is N=CC1=CCC(C2=CCC=C(Oc3ccc(Oc4ccccc4)cc3)C(C(N)=O)=C2)CC1. The number of primary amides is 1. The van der Waals surface area contributed by atoms with Crippen molar-refractivity contribution < 1.29 is 14.3 Å². The summed E-state index contributed by atoms with van der Waals surface area (Å²) in [7, 11) is 0. The highest BCUT2D eigenvalue weighted by molar-refractivity contribution is 5.96. The number of carbonyl (C=O) groups is 1. The van der Waals surface area contributed by atoms with Gasteiger partial charge in [0.2, 0.25) is 0 Å². The molecule has 3 N–H and O–H groups in total. The van der Waals surface area contributed by atoms with E-state index in [1.165, 1.54) is 6.21 Å². The van der Waals surface area contributed by atoms with E-state index in [0.717, 1.165) is 36.2 Å². The van der Waals surface area contributed by atoms with Crippen LogP contribution in [0.1, 0.15) is 25.7 Å². The summed E-state index contributed by atoms with van der Waals surface area (Å²) in [5.74, 6) is 2.32. The summed E-state index contributed by atoms with van der Waals surface area (Å²) in [4.78, 5) is 12.2. The monoisotopic (exact) mass is 426 g/mol. The molecular formula is C27H26N2O3. The lowest BCUT2D eigenvalue weighted by Gasteiger charge is -2.22. The molecular weight excluding hydrogens is 400 g/mol. The number of allylic oxidation sites excluding steroid dienone is 6. The van der Waals surface area contributed by atoms with E-state index in [1.807, 2.05) is 66.7 Å². The molecule has 0 saturated carbocycles. The topological polar surface area (TPSA) is 85.4 Å². The highest BCUT2D eigenvalue weighted by atomic mass is 16.5. The third-order valence-corrected chi connectivity index (χ3v) is 5.63. The molecule has 0 saturated heterocycles. The Morgan fingerprint density at radius 3 is 2.25 bits per heavy atom. The van der Waals surface area contributed by atoms with Gasteiger partial charge in [-0.05, 0) is 91.3 Å². The number of carbonyl (C=O) groups excluding carboxylic acids is 1. The molecule has 1 atom stereocenters. The Labute approximate surface area is 188 Å². The largest absolute Gasteiger partial charge is 0.457 e. The van der Waals surface area contributed by atoms with Crippen LogP contribution in [0.25, 0.3) is 0 Å². The lowest BCUT2D eigenvalue weighted by molar-refractivity contribution is -0.114. The van der Waals surface area contributed by atoms with Crippen molar-refractivity contribution in [3.05, 3.63) is 101 Å². The Kier molecular flexibility index (Phi) is 6.66. The van der Waals surface area contributed by atoms with Gasteiger partial charge in [-0.25, -0.2) is 0 Å². The molecule has 2 aromatic carbocycles. The molecule has 0 radical (unpaired) electrons. The van der Waals surface area contributed by atoms with Gasteiger partial charge >= 0.3 is 0 Å². The number of ether oxygens (including phenoxy) is 2. The zero-order chi connectivity index (χ0) is 22.3. The molecule has 5 nitrogen and oxygen atoms in total. The summed E-state index contributed by atoms with van der Waals surface area (Å²) in [6.07, 6.45) is 12.8. The predicted molar refractivity (Wildman–Crippen MR) is 126 cm³/mol. The van der Waals surface area contributed by atoms with E-state index in [-0.39, 0.29) is 0 Å². The molecule has 0 aromatic heterocycles. The molecule has 5 heteroatoms. The van der Waals surface area contributed by atoms with Gasteiger partial charge in [0.05, 0.1) is 5.57 Å². The summed E-state index contributed by atoms with van der Waals surface area (Å²) in [5.41, 5.74) is 8.25. The van der Waals surface area contributed by atoms with Crippen molar-refractivity contribution in [3.63, 3.8) is 0 Å². The molecule has 1 amide bonds. The fourth-order valence-corrected chi connectivity index (χ4v) is 3.90. The normalized spacial score (nSPS) is 18.3. The predicted octanol–water partition coefficient (Wildman–Crippen LogP) is 5.86. The van der Waals surface area contributed by atoms with Crippen LogP contribution in [-0.2, 0) is 4.79 Å². The number of benzene rings is 2. The maximum Gasteiger partial charge on any atom is 0.252 e. The number of hydrogen-bond donors (Lipinski definition) is 2. The van der Waals surface area contributed by atoms with Crippen molar-refractivity contribution in [2.45, 2.75) is 25.7 Å². The third-order valence-electron chi connectivity index (χ3n) is 5.63. The molecule has 0 aliphatic heterocycles. The Morgan fingerprint density at radius 1 is 0.938 bits per heavy atom. The number of nitrogens with one attached hydrogen (secondary N) is 1. The first-order valence-electron chi connectivity index (χ1n) is 10.7. The second-order valence-electron chi connectivity index (χ2n) is 7.81. The first-order chi connectivity index (χ1) is 15.6. The molecule has 162 valence electrons. The number of para-hydroxylation sites is 1. The molecule has 0 spiro atoms. The van der Waals surface area contributed by atoms with E-state index in [0.29, 0.717) is 35.2 Å². The average Bonchev–Trinajstić information content (AvgIpc) is 3.04. The molecule has 2 aliphatic carbocycles. The molecule has 0 fully saturated rings. The maximum absolute atomic E-state index is 12.2. The molecule has 0 heterocycles. The van der Waals surface area contributed by atoms with Crippen molar-refractivity contribution in [2.75, 3.05) is 0 Å². The lowest BCUT2D eigenvalue weighted by Crippen LogP contribution is -2.18. The van der Waals surface area contributed by atoms with Crippen molar-refractivity contribution in [1.29, 1.82) is 5.41 Å². The van der Waals surface area contributed by atoms with Crippen LogP contribution < -0.4 is 15.2 Å². The van der Waals surface area contributed by atoms with E-state index in [1.54, 1.807) is 0 Å². The molecule has 1 unspecified atom stereocenters. The fraction of sp³-hybridized carbons (Fsp3) is 0.185. The Morgan fingerprint density at radius 2 is 1.62 bits per heavy atom. The van der Waals surface area contributed by atoms with Gasteiger partial charge in [0.1, 0.15) is 23.0 Å². The van der Waals surface area contributed by atoms with E-state index in [2.05, 4.69) is 12.2 Å². The Balaban J connectivity index is 1.47. The van der Waals surface area contributed by atoms with Gasteiger partial charge in [-0.15, -0.1) is 0 Å². The van der Waals surface area contributed by atoms with Crippen LogP contribution in [0.2, 0.25) is 0 Å². The van der Waals surface area contributed by atoms with Crippen molar-refractivity contribution in [3.8, 4) is 17.2 Å². The Bertz CT molecular complexity index is 1110. The van der Waals surface area contributed by atoms with E-state index >= 15 is 0 Å². The third kappa shape index (κ3) is 5.24. The van der Waals surface area contributed by atoms with Gasteiger partial charge in [-0.1, -0.05) is 30.4 Å². The second-order valence-corrected chi connectivity index (χ2v) is 7.81.